The van der Waals surface area contributed by atoms with Gasteiger partial charge in [-0.05, 0) is 89.6 Å². The third-order valence-electron chi connectivity index (χ3n) is 7.48. The number of nitrogens with one attached hydrogen (secondary N) is 1. The van der Waals surface area contributed by atoms with E-state index in [9.17, 15) is 0 Å². The fourth-order valence-electron chi connectivity index (χ4n) is 5.39. The Kier molecular flexibility index (Phi) is 8.14. The van der Waals surface area contributed by atoms with Crippen molar-refractivity contribution in [3.8, 4) is 0 Å². The van der Waals surface area contributed by atoms with Crippen molar-refractivity contribution in [1.29, 1.82) is 0 Å². The van der Waals surface area contributed by atoms with E-state index in [2.05, 4.69) is 34.9 Å². The van der Waals surface area contributed by atoms with Crippen LogP contribution >= 0.6 is 11.6 Å². The first-order valence-corrected chi connectivity index (χ1v) is 12.6. The van der Waals surface area contributed by atoms with Crippen molar-refractivity contribution in [3.05, 3.63) is 41.2 Å². The van der Waals surface area contributed by atoms with Crippen molar-refractivity contribution >= 4 is 22.6 Å². The number of fused-ring (bicyclic) bond motifs is 1. The zero-order valence-electron chi connectivity index (χ0n) is 19.6. The predicted molar refractivity (Wildman–Crippen MR) is 131 cm³/mol. The third kappa shape index (κ3) is 6.06. The minimum Gasteiger partial charge on any atom is -0.386 e. The summed E-state index contributed by atoms with van der Waals surface area (Å²) in [5.74, 6) is 1.35. The topological polar surface area (TPSA) is 50.5 Å². The summed E-state index contributed by atoms with van der Waals surface area (Å²) in [6, 6.07) is 6.43. The molecule has 0 spiro atoms. The van der Waals surface area contributed by atoms with Gasteiger partial charge in [-0.2, -0.15) is 0 Å². The van der Waals surface area contributed by atoms with Gasteiger partial charge >= 0.3 is 0 Å². The maximum Gasteiger partial charge on any atom is 0.168 e. The van der Waals surface area contributed by atoms with Crippen LogP contribution in [0.25, 0.3) is 11.0 Å². The average molecular weight is 460 g/mol. The van der Waals surface area contributed by atoms with E-state index >= 15 is 0 Å². The fourth-order valence-corrected chi connectivity index (χ4v) is 5.56. The van der Waals surface area contributed by atoms with Crippen LogP contribution in [0.1, 0.15) is 69.9 Å². The lowest BCUT2D eigenvalue weighted by Crippen LogP contribution is -2.36. The Balaban J connectivity index is 1.16. The molecule has 1 N–H and O–H groups in total. The van der Waals surface area contributed by atoms with Crippen LogP contribution in [0.2, 0.25) is 5.02 Å². The van der Waals surface area contributed by atoms with Gasteiger partial charge in [-0.15, -0.1) is 0 Å². The molecular formula is C26H38ClN3O2. The average Bonchev–Trinajstić information content (AvgIpc) is 3.21. The van der Waals surface area contributed by atoms with Crippen LogP contribution in [-0.4, -0.2) is 48.9 Å². The standard InChI is InChI=1S/C26H38ClN3O2/c1-18(16-19(2)31-3)28-23-7-4-20(5-8-23)10-13-30-14-11-21(12-15-30)26-24-9-6-22(27)17-25(24)32-29-26/h6,9,17,19-21,23,28H,1,4-5,7-8,10-16H2,2-3H3. The second-order valence-corrected chi connectivity index (χ2v) is 10.3. The summed E-state index contributed by atoms with van der Waals surface area (Å²) >= 11 is 6.08. The quantitative estimate of drug-likeness (QED) is 0.488. The van der Waals surface area contributed by atoms with E-state index in [-0.39, 0.29) is 6.10 Å². The van der Waals surface area contributed by atoms with Crippen LogP contribution in [0.5, 0.6) is 0 Å². The van der Waals surface area contributed by atoms with Gasteiger partial charge in [0.25, 0.3) is 0 Å². The van der Waals surface area contributed by atoms with Crippen molar-refractivity contribution in [1.82, 2.24) is 15.4 Å². The molecule has 2 aromatic rings. The number of benzene rings is 1. The molecule has 1 aliphatic heterocycles. The lowest BCUT2D eigenvalue weighted by Gasteiger charge is -2.34. The normalized spacial score (nSPS) is 24.0. The van der Waals surface area contributed by atoms with E-state index in [4.69, 9.17) is 20.9 Å². The van der Waals surface area contributed by atoms with Crippen LogP contribution in [0.15, 0.2) is 35.0 Å². The Bertz CT molecular complexity index is 882. The predicted octanol–water partition coefficient (Wildman–Crippen LogP) is 6.14. The lowest BCUT2D eigenvalue weighted by atomic mass is 9.83. The van der Waals surface area contributed by atoms with Crippen molar-refractivity contribution in [2.24, 2.45) is 5.92 Å². The molecule has 1 atom stereocenters. The summed E-state index contributed by atoms with van der Waals surface area (Å²) in [6.45, 7) is 9.81. The molecule has 4 rings (SSSR count). The Morgan fingerprint density at radius 3 is 2.72 bits per heavy atom. The summed E-state index contributed by atoms with van der Waals surface area (Å²) in [7, 11) is 1.76. The summed E-state index contributed by atoms with van der Waals surface area (Å²) in [4.78, 5) is 2.65. The maximum atomic E-state index is 6.08. The molecule has 2 aliphatic rings. The van der Waals surface area contributed by atoms with E-state index in [1.165, 1.54) is 38.6 Å². The molecular weight excluding hydrogens is 422 g/mol. The molecule has 1 saturated heterocycles. The molecule has 0 amide bonds. The van der Waals surface area contributed by atoms with Gasteiger partial charge in [-0.25, -0.2) is 0 Å². The van der Waals surface area contributed by atoms with Gasteiger partial charge in [0.15, 0.2) is 5.58 Å². The Morgan fingerprint density at radius 1 is 1.25 bits per heavy atom. The van der Waals surface area contributed by atoms with Crippen LogP contribution in [0, 0.1) is 5.92 Å². The van der Waals surface area contributed by atoms with Crippen LogP contribution in [0.3, 0.4) is 0 Å². The number of aromatic nitrogens is 1. The van der Waals surface area contributed by atoms with Crippen LogP contribution in [-0.2, 0) is 4.74 Å². The van der Waals surface area contributed by atoms with E-state index in [1.807, 2.05) is 12.1 Å². The largest absolute Gasteiger partial charge is 0.386 e. The molecule has 1 saturated carbocycles. The smallest absolute Gasteiger partial charge is 0.168 e. The molecule has 6 heteroatoms. The first kappa shape index (κ1) is 23.6. The highest BCUT2D eigenvalue weighted by atomic mass is 35.5. The maximum absolute atomic E-state index is 6.08. The van der Waals surface area contributed by atoms with Crippen LogP contribution in [0.4, 0.5) is 0 Å². The molecule has 0 bridgehead atoms. The van der Waals surface area contributed by atoms with E-state index in [1.54, 1.807) is 7.11 Å². The van der Waals surface area contributed by atoms with E-state index in [0.29, 0.717) is 17.0 Å². The summed E-state index contributed by atoms with van der Waals surface area (Å²) in [6.07, 6.45) is 9.94. The zero-order chi connectivity index (χ0) is 22.5. The molecule has 2 heterocycles. The molecule has 1 aliphatic carbocycles. The van der Waals surface area contributed by atoms with Gasteiger partial charge in [0.2, 0.25) is 0 Å². The van der Waals surface area contributed by atoms with Crippen molar-refractivity contribution in [3.63, 3.8) is 0 Å². The minimum atomic E-state index is 0.233. The highest BCUT2D eigenvalue weighted by Gasteiger charge is 2.26. The van der Waals surface area contributed by atoms with E-state index < -0.39 is 0 Å². The van der Waals surface area contributed by atoms with Crippen molar-refractivity contribution in [2.75, 3.05) is 26.7 Å². The number of hydrogen-bond acceptors (Lipinski definition) is 5. The molecule has 1 aromatic carbocycles. The summed E-state index contributed by atoms with van der Waals surface area (Å²) in [5, 5.41) is 9.84. The number of nitrogens with zero attached hydrogens (tertiary/aromatic N) is 2. The number of ether oxygens (including phenoxy) is 1. The Morgan fingerprint density at radius 2 is 2.00 bits per heavy atom. The molecule has 1 aromatic heterocycles. The zero-order valence-corrected chi connectivity index (χ0v) is 20.4. The highest BCUT2D eigenvalue weighted by Crippen LogP contribution is 2.34. The fraction of sp³-hybridized carbons (Fsp3) is 0.654. The van der Waals surface area contributed by atoms with Gasteiger partial charge in [0.1, 0.15) is 0 Å². The Labute approximate surface area is 197 Å². The number of piperidine rings is 1. The first-order valence-electron chi connectivity index (χ1n) is 12.3. The number of hydrogen-bond donors (Lipinski definition) is 1. The number of likely N-dealkylation sites (tertiary alicyclic amines) is 1. The second kappa shape index (κ2) is 11.0. The molecule has 5 nitrogen and oxygen atoms in total. The van der Waals surface area contributed by atoms with Gasteiger partial charge in [-0.3, -0.25) is 0 Å². The van der Waals surface area contributed by atoms with Crippen LogP contribution < -0.4 is 5.32 Å². The molecule has 1 unspecified atom stereocenters. The second-order valence-electron chi connectivity index (χ2n) is 9.83. The first-order chi connectivity index (χ1) is 15.5. The molecule has 2 fully saturated rings. The van der Waals surface area contributed by atoms with Crippen molar-refractivity contribution < 1.29 is 9.26 Å². The summed E-state index contributed by atoms with van der Waals surface area (Å²) < 4.78 is 10.9. The SMILES string of the molecule is C=C(CC(C)OC)NC1CCC(CCN2CCC(c3noc4cc(Cl)ccc34)CC2)CC1. The lowest BCUT2D eigenvalue weighted by molar-refractivity contribution is 0.116. The van der Waals surface area contributed by atoms with Gasteiger partial charge in [0, 0.05) is 47.7 Å². The van der Waals surface area contributed by atoms with Gasteiger partial charge in [0.05, 0.1) is 11.8 Å². The van der Waals surface area contributed by atoms with Gasteiger partial charge in [-0.1, -0.05) is 23.3 Å². The number of methoxy groups -OCH3 is 1. The minimum absolute atomic E-state index is 0.233. The number of halogens is 1. The molecule has 32 heavy (non-hydrogen) atoms. The Hall–Kier alpha value is -1.56. The third-order valence-corrected chi connectivity index (χ3v) is 7.72. The molecule has 0 radical (unpaired) electrons. The summed E-state index contributed by atoms with van der Waals surface area (Å²) in [5.41, 5.74) is 3.04. The van der Waals surface area contributed by atoms with Gasteiger partial charge < -0.3 is 19.5 Å². The van der Waals surface area contributed by atoms with E-state index in [0.717, 1.165) is 60.6 Å². The molecule has 176 valence electrons. The van der Waals surface area contributed by atoms with Crippen molar-refractivity contribution in [2.45, 2.75) is 76.4 Å². The highest BCUT2D eigenvalue weighted by molar-refractivity contribution is 6.31. The number of rotatable bonds is 9. The monoisotopic (exact) mass is 459 g/mol.